The first-order valence-corrected chi connectivity index (χ1v) is 7.25. The van der Waals surface area contributed by atoms with Gasteiger partial charge in [0.25, 0.3) is 0 Å². The van der Waals surface area contributed by atoms with E-state index in [9.17, 15) is 10.1 Å². The summed E-state index contributed by atoms with van der Waals surface area (Å²) >= 11 is 0. The van der Waals surface area contributed by atoms with E-state index in [-0.39, 0.29) is 5.69 Å². The van der Waals surface area contributed by atoms with Gasteiger partial charge >= 0.3 is 5.69 Å². The smallest absolute Gasteiger partial charge is 0.310 e. The van der Waals surface area contributed by atoms with Gasteiger partial charge in [-0.2, -0.15) is 0 Å². The molecule has 1 aromatic carbocycles. The van der Waals surface area contributed by atoms with Crippen LogP contribution in [0.1, 0.15) is 32.8 Å². The van der Waals surface area contributed by atoms with Crippen molar-refractivity contribution in [2.45, 2.75) is 39.8 Å². The molecule has 0 spiro atoms. The highest BCUT2D eigenvalue weighted by Gasteiger charge is 2.15. The van der Waals surface area contributed by atoms with Gasteiger partial charge in [-0.25, -0.2) is 0 Å². The third-order valence-electron chi connectivity index (χ3n) is 2.83. The van der Waals surface area contributed by atoms with Crippen LogP contribution < -0.4 is 10.1 Å². The Morgan fingerprint density at radius 2 is 2.10 bits per heavy atom. The predicted molar refractivity (Wildman–Crippen MR) is 81.7 cm³/mol. The highest BCUT2D eigenvalue weighted by molar-refractivity contribution is 5.48. The van der Waals surface area contributed by atoms with Crippen molar-refractivity contribution in [3.05, 3.63) is 33.9 Å². The van der Waals surface area contributed by atoms with Crippen molar-refractivity contribution >= 4 is 5.69 Å². The zero-order valence-corrected chi connectivity index (χ0v) is 12.9. The van der Waals surface area contributed by atoms with E-state index in [0.29, 0.717) is 44.6 Å². The second-order valence-electron chi connectivity index (χ2n) is 4.99. The minimum Gasteiger partial charge on any atom is -0.487 e. The van der Waals surface area contributed by atoms with E-state index in [2.05, 4.69) is 19.2 Å². The van der Waals surface area contributed by atoms with Crippen molar-refractivity contribution in [2.24, 2.45) is 0 Å². The molecule has 0 saturated heterocycles. The molecule has 1 N–H and O–H groups in total. The molecule has 0 aliphatic heterocycles. The van der Waals surface area contributed by atoms with Gasteiger partial charge in [0.05, 0.1) is 11.5 Å². The molecule has 0 heterocycles. The average molecular weight is 296 g/mol. The Morgan fingerprint density at radius 1 is 1.33 bits per heavy atom. The predicted octanol–water partition coefficient (Wildman–Crippen LogP) is 2.90. The Kier molecular flexibility index (Phi) is 7.71. The van der Waals surface area contributed by atoms with Crippen LogP contribution in [0.5, 0.6) is 5.75 Å². The lowest BCUT2D eigenvalue weighted by atomic mass is 10.2. The maximum atomic E-state index is 11.0. The molecule has 0 unspecified atom stereocenters. The Balaban J connectivity index is 2.67. The van der Waals surface area contributed by atoms with Crippen LogP contribution >= 0.6 is 0 Å². The summed E-state index contributed by atoms with van der Waals surface area (Å²) in [4.78, 5) is 10.6. The van der Waals surface area contributed by atoms with Crippen molar-refractivity contribution in [3.8, 4) is 5.75 Å². The first kappa shape index (κ1) is 17.4. The summed E-state index contributed by atoms with van der Waals surface area (Å²) < 4.78 is 10.8. The second kappa shape index (κ2) is 9.31. The molecule has 0 aliphatic rings. The highest BCUT2D eigenvalue weighted by atomic mass is 16.6. The van der Waals surface area contributed by atoms with Crippen LogP contribution in [0.25, 0.3) is 0 Å². The van der Waals surface area contributed by atoms with E-state index in [1.54, 1.807) is 12.1 Å². The normalized spacial score (nSPS) is 10.9. The van der Waals surface area contributed by atoms with Crippen LogP contribution in [0.15, 0.2) is 18.2 Å². The summed E-state index contributed by atoms with van der Waals surface area (Å²) in [6.07, 6.45) is 0.708. The summed E-state index contributed by atoms with van der Waals surface area (Å²) in [6, 6.07) is 5.33. The van der Waals surface area contributed by atoms with Gasteiger partial charge in [-0.15, -0.1) is 0 Å². The number of rotatable bonds is 10. The van der Waals surface area contributed by atoms with Crippen LogP contribution in [0, 0.1) is 10.1 Å². The number of nitro groups is 1. The third kappa shape index (κ3) is 6.55. The molecule has 6 nitrogen and oxygen atoms in total. The summed E-state index contributed by atoms with van der Waals surface area (Å²) in [5.41, 5.74) is 0.966. The standard InChI is InChI=1S/C15H24N2O4/c1-4-20-8-5-9-21-15-10-13(11-16-12(2)3)6-7-14(15)17(18)19/h6-7,10,12,16H,4-5,8-9,11H2,1-3H3. The van der Waals surface area contributed by atoms with Crippen molar-refractivity contribution in [3.63, 3.8) is 0 Å². The van der Waals surface area contributed by atoms with Gasteiger partial charge in [-0.3, -0.25) is 10.1 Å². The van der Waals surface area contributed by atoms with E-state index >= 15 is 0 Å². The lowest BCUT2D eigenvalue weighted by Gasteiger charge is -2.11. The zero-order valence-electron chi connectivity index (χ0n) is 12.9. The van der Waals surface area contributed by atoms with Crippen LogP contribution in [0.3, 0.4) is 0 Å². The Morgan fingerprint density at radius 3 is 2.71 bits per heavy atom. The van der Waals surface area contributed by atoms with Crippen LogP contribution in [-0.4, -0.2) is 30.8 Å². The molecule has 0 amide bonds. The summed E-state index contributed by atoms with van der Waals surface area (Å²) in [5, 5.41) is 14.3. The number of nitro benzene ring substituents is 1. The van der Waals surface area contributed by atoms with E-state index < -0.39 is 4.92 Å². The minimum atomic E-state index is -0.419. The summed E-state index contributed by atoms with van der Waals surface area (Å²) in [5.74, 6) is 0.319. The van der Waals surface area contributed by atoms with Gasteiger partial charge in [0.1, 0.15) is 0 Å². The molecule has 1 rings (SSSR count). The largest absolute Gasteiger partial charge is 0.487 e. The van der Waals surface area contributed by atoms with Gasteiger partial charge in [0.2, 0.25) is 0 Å². The first-order valence-electron chi connectivity index (χ1n) is 7.25. The molecule has 0 radical (unpaired) electrons. The monoisotopic (exact) mass is 296 g/mol. The number of hydrogen-bond acceptors (Lipinski definition) is 5. The molecule has 0 bridgehead atoms. The molecule has 0 atom stereocenters. The summed E-state index contributed by atoms with van der Waals surface area (Å²) in [6.45, 7) is 8.35. The van der Waals surface area contributed by atoms with Gasteiger partial charge in [-0.1, -0.05) is 19.9 Å². The van der Waals surface area contributed by atoms with Crippen LogP contribution in [0.4, 0.5) is 5.69 Å². The number of nitrogens with zero attached hydrogens (tertiary/aromatic N) is 1. The third-order valence-corrected chi connectivity index (χ3v) is 2.83. The van der Waals surface area contributed by atoms with E-state index in [0.717, 1.165) is 5.56 Å². The van der Waals surface area contributed by atoms with Crippen molar-refractivity contribution in [1.82, 2.24) is 5.32 Å². The lowest BCUT2D eigenvalue weighted by Crippen LogP contribution is -2.21. The van der Waals surface area contributed by atoms with Crippen molar-refractivity contribution in [2.75, 3.05) is 19.8 Å². The van der Waals surface area contributed by atoms with E-state index in [4.69, 9.17) is 9.47 Å². The molecule has 0 saturated carbocycles. The van der Waals surface area contributed by atoms with E-state index in [1.165, 1.54) is 6.07 Å². The van der Waals surface area contributed by atoms with Gasteiger partial charge in [-0.05, 0) is 18.6 Å². The van der Waals surface area contributed by atoms with Crippen LogP contribution in [-0.2, 0) is 11.3 Å². The Labute approximate surface area is 125 Å². The highest BCUT2D eigenvalue weighted by Crippen LogP contribution is 2.28. The molecular formula is C15H24N2O4. The molecule has 1 aromatic rings. The fraction of sp³-hybridized carbons (Fsp3) is 0.600. The quantitative estimate of drug-likeness (QED) is 0.408. The van der Waals surface area contributed by atoms with E-state index in [1.807, 2.05) is 6.92 Å². The lowest BCUT2D eigenvalue weighted by molar-refractivity contribution is -0.385. The average Bonchev–Trinajstić information content (AvgIpc) is 2.44. The maximum absolute atomic E-state index is 11.0. The zero-order chi connectivity index (χ0) is 15.7. The molecule has 118 valence electrons. The fourth-order valence-corrected chi connectivity index (χ4v) is 1.74. The number of nitrogens with one attached hydrogen (secondary N) is 1. The molecule has 0 aromatic heterocycles. The number of benzene rings is 1. The molecule has 6 heteroatoms. The number of hydrogen-bond donors (Lipinski definition) is 1. The van der Waals surface area contributed by atoms with Crippen LogP contribution in [0.2, 0.25) is 0 Å². The topological polar surface area (TPSA) is 73.6 Å². The minimum absolute atomic E-state index is 0.000271. The van der Waals surface area contributed by atoms with Gasteiger partial charge in [0.15, 0.2) is 5.75 Å². The SMILES string of the molecule is CCOCCCOc1cc(CNC(C)C)ccc1[N+](=O)[O-]. The van der Waals surface area contributed by atoms with Crippen molar-refractivity contribution < 1.29 is 14.4 Å². The molecular weight excluding hydrogens is 272 g/mol. The second-order valence-corrected chi connectivity index (χ2v) is 4.99. The summed E-state index contributed by atoms with van der Waals surface area (Å²) in [7, 11) is 0. The van der Waals surface area contributed by atoms with Gasteiger partial charge in [0, 0.05) is 38.3 Å². The fourth-order valence-electron chi connectivity index (χ4n) is 1.74. The van der Waals surface area contributed by atoms with Crippen molar-refractivity contribution in [1.29, 1.82) is 0 Å². The van der Waals surface area contributed by atoms with Gasteiger partial charge < -0.3 is 14.8 Å². The Hall–Kier alpha value is -1.66. The molecule has 21 heavy (non-hydrogen) atoms. The maximum Gasteiger partial charge on any atom is 0.310 e. The number of ether oxygens (including phenoxy) is 2. The molecule has 0 aliphatic carbocycles. The Bertz CT molecular complexity index is 449. The molecule has 0 fully saturated rings. The first-order chi connectivity index (χ1) is 10.0.